The Hall–Kier alpha value is -3.04. The SMILES string of the molecule is COc1ccc(S(=O)(=O)Nc2ccc(NS(=O)(=O)c3ccccc3)cc2)cc1. The summed E-state index contributed by atoms with van der Waals surface area (Å²) in [7, 11) is -5.99. The third-order valence-corrected chi connectivity index (χ3v) is 6.61. The fourth-order valence-electron chi connectivity index (χ4n) is 2.39. The minimum atomic E-state index is -3.77. The summed E-state index contributed by atoms with van der Waals surface area (Å²) in [6, 6.07) is 19.8. The van der Waals surface area contributed by atoms with E-state index in [2.05, 4.69) is 9.44 Å². The summed E-state index contributed by atoms with van der Waals surface area (Å²) in [5, 5.41) is 0. The molecule has 0 atom stereocenters. The molecule has 0 aliphatic carbocycles. The molecule has 28 heavy (non-hydrogen) atoms. The van der Waals surface area contributed by atoms with Crippen molar-refractivity contribution in [2.24, 2.45) is 0 Å². The zero-order valence-electron chi connectivity index (χ0n) is 14.9. The molecule has 3 aromatic rings. The minimum Gasteiger partial charge on any atom is -0.497 e. The molecule has 0 radical (unpaired) electrons. The van der Waals surface area contributed by atoms with E-state index < -0.39 is 20.0 Å². The highest BCUT2D eigenvalue weighted by molar-refractivity contribution is 7.93. The van der Waals surface area contributed by atoms with Gasteiger partial charge in [0, 0.05) is 11.4 Å². The average Bonchev–Trinajstić information content (AvgIpc) is 2.70. The van der Waals surface area contributed by atoms with Gasteiger partial charge in [-0.2, -0.15) is 0 Å². The number of methoxy groups -OCH3 is 1. The van der Waals surface area contributed by atoms with Gasteiger partial charge in [0.15, 0.2) is 0 Å². The smallest absolute Gasteiger partial charge is 0.261 e. The molecule has 0 aliphatic heterocycles. The standard InChI is InChI=1S/C19H18N2O5S2/c1-26-17-11-13-19(14-12-17)28(24,25)21-16-9-7-15(8-10-16)20-27(22,23)18-5-3-2-4-6-18/h2-14,20-21H,1H3. The maximum atomic E-state index is 12.4. The Labute approximate surface area is 164 Å². The van der Waals surface area contributed by atoms with Gasteiger partial charge < -0.3 is 4.74 Å². The van der Waals surface area contributed by atoms with E-state index in [1.807, 2.05) is 0 Å². The second-order valence-corrected chi connectivity index (χ2v) is 9.14. The van der Waals surface area contributed by atoms with Crippen LogP contribution in [0.1, 0.15) is 0 Å². The highest BCUT2D eigenvalue weighted by Gasteiger charge is 2.16. The Balaban J connectivity index is 1.73. The molecule has 2 N–H and O–H groups in total. The van der Waals surface area contributed by atoms with Crippen LogP contribution in [0.3, 0.4) is 0 Å². The summed E-state index contributed by atoms with van der Waals surface area (Å²) in [6.45, 7) is 0. The zero-order chi connectivity index (χ0) is 20.2. The lowest BCUT2D eigenvalue weighted by molar-refractivity contribution is 0.414. The lowest BCUT2D eigenvalue weighted by atomic mass is 10.3. The van der Waals surface area contributed by atoms with Crippen molar-refractivity contribution >= 4 is 31.4 Å². The summed E-state index contributed by atoms with van der Waals surface area (Å²) in [4.78, 5) is 0.224. The molecule has 0 bridgehead atoms. The topological polar surface area (TPSA) is 102 Å². The fraction of sp³-hybridized carbons (Fsp3) is 0.0526. The van der Waals surface area contributed by atoms with Gasteiger partial charge in [0.05, 0.1) is 16.9 Å². The third kappa shape index (κ3) is 4.62. The highest BCUT2D eigenvalue weighted by Crippen LogP contribution is 2.22. The summed E-state index contributed by atoms with van der Waals surface area (Å²) < 4.78 is 59.4. The number of nitrogens with one attached hydrogen (secondary N) is 2. The molecular weight excluding hydrogens is 400 g/mol. The van der Waals surface area contributed by atoms with E-state index in [0.717, 1.165) is 0 Å². The van der Waals surface area contributed by atoms with Crippen molar-refractivity contribution in [2.45, 2.75) is 9.79 Å². The summed E-state index contributed by atoms with van der Waals surface area (Å²) in [5.74, 6) is 0.550. The monoisotopic (exact) mass is 418 g/mol. The van der Waals surface area contributed by atoms with E-state index >= 15 is 0 Å². The molecule has 9 heteroatoms. The first-order chi connectivity index (χ1) is 13.3. The molecule has 0 amide bonds. The molecule has 3 rings (SSSR count). The molecule has 0 aromatic heterocycles. The number of benzene rings is 3. The summed E-state index contributed by atoms with van der Waals surface area (Å²) in [5.41, 5.74) is 0.620. The van der Waals surface area contributed by atoms with Crippen LogP contribution in [-0.2, 0) is 20.0 Å². The number of hydrogen-bond donors (Lipinski definition) is 2. The van der Waals surface area contributed by atoms with Crippen LogP contribution in [0.5, 0.6) is 5.75 Å². The first-order valence-electron chi connectivity index (χ1n) is 8.15. The molecule has 3 aromatic carbocycles. The van der Waals surface area contributed by atoms with Crippen molar-refractivity contribution in [3.63, 3.8) is 0 Å². The molecule has 0 unspecified atom stereocenters. The van der Waals surface area contributed by atoms with E-state index in [4.69, 9.17) is 4.74 Å². The lowest BCUT2D eigenvalue weighted by Gasteiger charge is -2.11. The van der Waals surface area contributed by atoms with Crippen molar-refractivity contribution in [3.05, 3.63) is 78.9 Å². The van der Waals surface area contributed by atoms with Crippen molar-refractivity contribution in [3.8, 4) is 5.75 Å². The number of anilines is 2. The summed E-state index contributed by atoms with van der Waals surface area (Å²) >= 11 is 0. The lowest BCUT2D eigenvalue weighted by Crippen LogP contribution is -2.14. The Morgan fingerprint density at radius 3 is 1.46 bits per heavy atom. The molecule has 0 fully saturated rings. The van der Waals surface area contributed by atoms with Gasteiger partial charge in [-0.3, -0.25) is 9.44 Å². The van der Waals surface area contributed by atoms with Gasteiger partial charge in [0.25, 0.3) is 20.0 Å². The quantitative estimate of drug-likeness (QED) is 0.613. The second kappa shape index (κ2) is 7.91. The predicted octanol–water partition coefficient (Wildman–Crippen LogP) is 3.30. The highest BCUT2D eigenvalue weighted by atomic mass is 32.2. The van der Waals surface area contributed by atoms with Crippen LogP contribution in [0.2, 0.25) is 0 Å². The van der Waals surface area contributed by atoms with Gasteiger partial charge in [-0.15, -0.1) is 0 Å². The maximum Gasteiger partial charge on any atom is 0.261 e. The molecule has 0 aliphatic rings. The molecule has 7 nitrogen and oxygen atoms in total. The minimum absolute atomic E-state index is 0.0853. The van der Waals surface area contributed by atoms with E-state index in [-0.39, 0.29) is 9.79 Å². The van der Waals surface area contributed by atoms with Gasteiger partial charge in [0.2, 0.25) is 0 Å². The molecule has 0 heterocycles. The van der Waals surface area contributed by atoms with E-state index in [1.54, 1.807) is 30.3 Å². The summed E-state index contributed by atoms with van der Waals surface area (Å²) in [6.07, 6.45) is 0. The van der Waals surface area contributed by atoms with Crippen molar-refractivity contribution < 1.29 is 21.6 Å². The Kier molecular flexibility index (Phi) is 5.57. The molecule has 146 valence electrons. The largest absolute Gasteiger partial charge is 0.497 e. The number of hydrogen-bond acceptors (Lipinski definition) is 5. The average molecular weight is 418 g/mol. The van der Waals surface area contributed by atoms with Crippen LogP contribution in [-0.4, -0.2) is 23.9 Å². The Morgan fingerprint density at radius 2 is 1.04 bits per heavy atom. The van der Waals surface area contributed by atoms with Gasteiger partial charge in [0.1, 0.15) is 5.75 Å². The molecule has 0 spiro atoms. The maximum absolute atomic E-state index is 12.4. The second-order valence-electron chi connectivity index (χ2n) is 5.78. The Bertz CT molecular complexity index is 1140. The molecule has 0 saturated carbocycles. The normalized spacial score (nSPS) is 11.6. The first-order valence-corrected chi connectivity index (χ1v) is 11.1. The first kappa shape index (κ1) is 19.7. The van der Waals surface area contributed by atoms with Crippen molar-refractivity contribution in [1.29, 1.82) is 0 Å². The van der Waals surface area contributed by atoms with E-state index in [1.165, 1.54) is 55.6 Å². The fourth-order valence-corrected chi connectivity index (χ4v) is 4.53. The van der Waals surface area contributed by atoms with Gasteiger partial charge in [-0.05, 0) is 60.7 Å². The van der Waals surface area contributed by atoms with Crippen LogP contribution in [0, 0.1) is 0 Å². The van der Waals surface area contributed by atoms with E-state index in [0.29, 0.717) is 17.1 Å². The predicted molar refractivity (Wildman–Crippen MR) is 107 cm³/mol. The molecular formula is C19H18N2O5S2. The van der Waals surface area contributed by atoms with Gasteiger partial charge in [-0.25, -0.2) is 16.8 Å². The number of ether oxygens (including phenoxy) is 1. The zero-order valence-corrected chi connectivity index (χ0v) is 16.5. The van der Waals surface area contributed by atoms with Crippen molar-refractivity contribution in [1.82, 2.24) is 0 Å². The molecule has 0 saturated heterocycles. The number of sulfonamides is 2. The van der Waals surface area contributed by atoms with Crippen LogP contribution in [0.15, 0.2) is 88.7 Å². The van der Waals surface area contributed by atoms with Crippen LogP contribution in [0.4, 0.5) is 11.4 Å². The van der Waals surface area contributed by atoms with Gasteiger partial charge >= 0.3 is 0 Å². The number of rotatable bonds is 7. The van der Waals surface area contributed by atoms with Crippen LogP contribution >= 0.6 is 0 Å². The Morgan fingerprint density at radius 1 is 0.607 bits per heavy atom. The van der Waals surface area contributed by atoms with Crippen LogP contribution in [0.25, 0.3) is 0 Å². The van der Waals surface area contributed by atoms with Crippen molar-refractivity contribution in [2.75, 3.05) is 16.6 Å². The third-order valence-electron chi connectivity index (χ3n) is 3.81. The van der Waals surface area contributed by atoms with Crippen LogP contribution < -0.4 is 14.2 Å². The van der Waals surface area contributed by atoms with Gasteiger partial charge in [-0.1, -0.05) is 18.2 Å². The van der Waals surface area contributed by atoms with E-state index in [9.17, 15) is 16.8 Å².